The smallest absolute Gasteiger partial charge is 0.305 e. The van der Waals surface area contributed by atoms with Crippen LogP contribution in [0.15, 0.2) is 72.9 Å². The van der Waals surface area contributed by atoms with Gasteiger partial charge in [-0.2, -0.15) is 0 Å². The third-order valence-electron chi connectivity index (χ3n) is 6.83. The van der Waals surface area contributed by atoms with Crippen LogP contribution in [0.2, 0.25) is 10.0 Å². The predicted molar refractivity (Wildman–Crippen MR) is 153 cm³/mol. The number of aromatic nitrogens is 1. The Kier molecular flexibility index (Phi) is 9.03. The lowest BCUT2D eigenvalue weighted by atomic mass is 9.74. The second-order valence-electron chi connectivity index (χ2n) is 9.47. The lowest BCUT2D eigenvalue weighted by Gasteiger charge is -2.30. The Morgan fingerprint density at radius 3 is 2.29 bits per heavy atom. The zero-order valence-electron chi connectivity index (χ0n) is 21.4. The third kappa shape index (κ3) is 6.35. The Labute approximate surface area is 232 Å². The van der Waals surface area contributed by atoms with E-state index in [0.717, 1.165) is 46.0 Å². The molecule has 0 unspecified atom stereocenters. The van der Waals surface area contributed by atoms with E-state index in [1.807, 2.05) is 49.5 Å². The Bertz CT molecular complexity index is 1440. The van der Waals surface area contributed by atoms with Gasteiger partial charge in [0.05, 0.1) is 11.9 Å². The van der Waals surface area contributed by atoms with E-state index in [4.69, 9.17) is 28.3 Å². The molecule has 2 atom stereocenters. The molecule has 5 nitrogen and oxygen atoms in total. The molecule has 0 aliphatic carbocycles. The van der Waals surface area contributed by atoms with Crippen molar-refractivity contribution in [1.29, 1.82) is 0 Å². The van der Waals surface area contributed by atoms with Gasteiger partial charge < -0.3 is 10.4 Å². The van der Waals surface area contributed by atoms with Crippen LogP contribution in [-0.2, 0) is 4.79 Å². The molecule has 196 valence electrons. The van der Waals surface area contributed by atoms with E-state index in [1.165, 1.54) is 0 Å². The summed E-state index contributed by atoms with van der Waals surface area (Å²) in [5.74, 6) is -1.14. The largest absolute Gasteiger partial charge is 0.481 e. The van der Waals surface area contributed by atoms with Gasteiger partial charge in [0.15, 0.2) is 0 Å². The molecule has 38 heavy (non-hydrogen) atoms. The van der Waals surface area contributed by atoms with Crippen LogP contribution in [0.5, 0.6) is 0 Å². The molecule has 0 saturated heterocycles. The average molecular weight is 549 g/mol. The van der Waals surface area contributed by atoms with Crippen LogP contribution in [0.3, 0.4) is 0 Å². The van der Waals surface area contributed by atoms with Crippen molar-refractivity contribution in [3.63, 3.8) is 0 Å². The van der Waals surface area contributed by atoms with Gasteiger partial charge in [-0.25, -0.2) is 0 Å². The second kappa shape index (κ2) is 12.4. The van der Waals surface area contributed by atoms with Crippen LogP contribution < -0.4 is 5.32 Å². The first-order chi connectivity index (χ1) is 18.3. The molecule has 0 aliphatic rings. The standard InChI is InChI=1S/C31H30Cl2N2O3/c1-3-4-25(20-5-7-22(8-6-20)31(38)35-16-14-28(36)37)29(21-9-11-23(32)12-10-21)26-13-15-34-30-19(2)17-24(33)18-27(26)30/h5-13,15,17-18,25,29H,3-4,14,16H2,1-2H3,(H,35,38)(H,36,37)/t25-,29+/m1/s1. The number of nitrogens with one attached hydrogen (secondary N) is 1. The number of carboxylic acid groups (broad SMARTS) is 1. The van der Waals surface area contributed by atoms with E-state index in [2.05, 4.69) is 35.4 Å². The first kappa shape index (κ1) is 27.6. The lowest BCUT2D eigenvalue weighted by molar-refractivity contribution is -0.136. The highest BCUT2D eigenvalue weighted by Gasteiger charge is 2.28. The van der Waals surface area contributed by atoms with E-state index in [1.54, 1.807) is 12.1 Å². The van der Waals surface area contributed by atoms with Crippen LogP contribution in [0.4, 0.5) is 0 Å². The molecular weight excluding hydrogens is 519 g/mol. The van der Waals surface area contributed by atoms with Gasteiger partial charge in [0, 0.05) is 39.7 Å². The molecule has 0 fully saturated rings. The molecule has 1 amide bonds. The van der Waals surface area contributed by atoms with E-state index >= 15 is 0 Å². The van der Waals surface area contributed by atoms with Gasteiger partial charge in [0.25, 0.3) is 5.91 Å². The molecule has 2 N–H and O–H groups in total. The normalized spacial score (nSPS) is 12.7. The first-order valence-corrected chi connectivity index (χ1v) is 13.4. The van der Waals surface area contributed by atoms with Crippen LogP contribution >= 0.6 is 23.2 Å². The summed E-state index contributed by atoms with van der Waals surface area (Å²) < 4.78 is 0. The molecule has 0 aliphatic heterocycles. The number of carbonyl (C=O) groups excluding carboxylic acids is 1. The minimum atomic E-state index is -0.948. The van der Waals surface area contributed by atoms with Crippen molar-refractivity contribution in [3.05, 3.63) is 111 Å². The summed E-state index contributed by atoms with van der Waals surface area (Å²) in [5, 5.41) is 13.9. The van der Waals surface area contributed by atoms with Crippen molar-refractivity contribution in [1.82, 2.24) is 10.3 Å². The molecular formula is C31H30Cl2N2O3. The number of hydrogen-bond donors (Lipinski definition) is 2. The highest BCUT2D eigenvalue weighted by Crippen LogP contribution is 2.44. The molecule has 7 heteroatoms. The quantitative estimate of drug-likeness (QED) is 0.212. The number of benzene rings is 3. The van der Waals surface area contributed by atoms with E-state index in [-0.39, 0.29) is 30.7 Å². The highest BCUT2D eigenvalue weighted by molar-refractivity contribution is 6.31. The van der Waals surface area contributed by atoms with Crippen molar-refractivity contribution in [3.8, 4) is 0 Å². The molecule has 0 radical (unpaired) electrons. The number of aryl methyl sites for hydroxylation is 1. The number of halogens is 2. The van der Waals surface area contributed by atoms with Crippen LogP contribution in [0.1, 0.15) is 70.6 Å². The second-order valence-corrected chi connectivity index (χ2v) is 10.3. The van der Waals surface area contributed by atoms with Crippen LogP contribution in [-0.4, -0.2) is 28.5 Å². The fourth-order valence-electron chi connectivity index (χ4n) is 5.08. The van der Waals surface area contributed by atoms with E-state index in [0.29, 0.717) is 15.6 Å². The van der Waals surface area contributed by atoms with Gasteiger partial charge in [-0.15, -0.1) is 0 Å². The van der Waals surface area contributed by atoms with Crippen molar-refractivity contribution in [2.45, 2.75) is 44.9 Å². The van der Waals surface area contributed by atoms with Gasteiger partial charge in [-0.05, 0) is 84.0 Å². The molecule has 0 bridgehead atoms. The van der Waals surface area contributed by atoms with Crippen molar-refractivity contribution in [2.75, 3.05) is 6.54 Å². The number of aliphatic carboxylic acids is 1. The lowest BCUT2D eigenvalue weighted by Crippen LogP contribution is -2.26. The number of carboxylic acids is 1. The minimum absolute atomic E-state index is 0.00849. The monoisotopic (exact) mass is 548 g/mol. The number of pyridine rings is 1. The van der Waals surface area contributed by atoms with Gasteiger partial charge in [-0.3, -0.25) is 14.6 Å². The van der Waals surface area contributed by atoms with E-state index in [9.17, 15) is 9.59 Å². The fourth-order valence-corrected chi connectivity index (χ4v) is 5.48. The third-order valence-corrected chi connectivity index (χ3v) is 7.30. The summed E-state index contributed by atoms with van der Waals surface area (Å²) in [7, 11) is 0. The summed E-state index contributed by atoms with van der Waals surface area (Å²) in [5.41, 5.74) is 5.82. The predicted octanol–water partition coefficient (Wildman–Crippen LogP) is 7.77. The van der Waals surface area contributed by atoms with Gasteiger partial charge in [-0.1, -0.05) is 60.8 Å². The molecule has 4 rings (SSSR count). The summed E-state index contributed by atoms with van der Waals surface area (Å²) >= 11 is 12.8. The van der Waals surface area contributed by atoms with Crippen LogP contribution in [0.25, 0.3) is 10.9 Å². The summed E-state index contributed by atoms with van der Waals surface area (Å²) in [6, 6.07) is 21.6. The van der Waals surface area contributed by atoms with Gasteiger partial charge in [0.1, 0.15) is 0 Å². The maximum atomic E-state index is 12.5. The minimum Gasteiger partial charge on any atom is -0.481 e. The maximum Gasteiger partial charge on any atom is 0.305 e. The molecule has 0 spiro atoms. The van der Waals surface area contributed by atoms with Crippen molar-refractivity contribution >= 4 is 46.0 Å². The summed E-state index contributed by atoms with van der Waals surface area (Å²) in [4.78, 5) is 27.9. The Balaban J connectivity index is 1.79. The van der Waals surface area contributed by atoms with Crippen LogP contribution in [0, 0.1) is 6.92 Å². The Morgan fingerprint density at radius 1 is 0.947 bits per heavy atom. The maximum absolute atomic E-state index is 12.5. The summed E-state index contributed by atoms with van der Waals surface area (Å²) in [6.07, 6.45) is 3.62. The number of nitrogens with zero attached hydrogens (tertiary/aromatic N) is 1. The number of rotatable bonds is 10. The number of amides is 1. The molecule has 0 saturated carbocycles. The van der Waals surface area contributed by atoms with Crippen molar-refractivity contribution < 1.29 is 14.7 Å². The zero-order valence-corrected chi connectivity index (χ0v) is 22.9. The Morgan fingerprint density at radius 2 is 1.63 bits per heavy atom. The molecule has 4 aromatic rings. The molecule has 1 aromatic heterocycles. The topological polar surface area (TPSA) is 79.3 Å². The van der Waals surface area contributed by atoms with Gasteiger partial charge >= 0.3 is 5.97 Å². The Hall–Kier alpha value is -3.41. The molecule has 3 aromatic carbocycles. The number of hydrogen-bond acceptors (Lipinski definition) is 3. The first-order valence-electron chi connectivity index (χ1n) is 12.7. The SMILES string of the molecule is CCC[C@H](c1ccc(C(=O)NCCC(=O)O)cc1)[C@H](c1ccc(Cl)cc1)c1ccnc2c(C)cc(Cl)cc12. The fraction of sp³-hybridized carbons (Fsp3) is 0.258. The highest BCUT2D eigenvalue weighted by atomic mass is 35.5. The number of fused-ring (bicyclic) bond motifs is 1. The summed E-state index contributed by atoms with van der Waals surface area (Å²) in [6.45, 7) is 4.28. The van der Waals surface area contributed by atoms with E-state index < -0.39 is 5.97 Å². The average Bonchev–Trinajstić information content (AvgIpc) is 2.89. The zero-order chi connectivity index (χ0) is 27.2. The van der Waals surface area contributed by atoms with Gasteiger partial charge in [0.2, 0.25) is 0 Å². The molecule has 1 heterocycles. The van der Waals surface area contributed by atoms with Crippen molar-refractivity contribution in [2.24, 2.45) is 0 Å². The number of carbonyl (C=O) groups is 2.